The van der Waals surface area contributed by atoms with Gasteiger partial charge < -0.3 is 4.90 Å². The topological polar surface area (TPSA) is 32.3 Å². The van der Waals surface area contributed by atoms with Gasteiger partial charge in [-0.25, -0.2) is 0 Å². The summed E-state index contributed by atoms with van der Waals surface area (Å²) in [4.78, 5) is 14.0. The Hall–Kier alpha value is -0.570. The van der Waals surface area contributed by atoms with E-state index in [4.69, 9.17) is 0 Å². The summed E-state index contributed by atoms with van der Waals surface area (Å²) in [5.74, 6) is 0.993. The van der Waals surface area contributed by atoms with Gasteiger partial charge in [-0.15, -0.1) is 0 Å². The molecule has 1 unspecified atom stereocenters. The molecule has 1 atom stereocenters. The fraction of sp³-hybridized carbons (Fsp3) is 0.929. The van der Waals surface area contributed by atoms with Crippen LogP contribution in [-0.4, -0.2) is 30.1 Å². The smallest absolute Gasteiger partial charge is 0.237 e. The third-order valence-corrected chi connectivity index (χ3v) is 4.07. The summed E-state index contributed by atoms with van der Waals surface area (Å²) in [5, 5.41) is 3.41. The molecule has 1 aliphatic carbocycles. The van der Waals surface area contributed by atoms with Crippen LogP contribution in [-0.2, 0) is 4.79 Å². The summed E-state index contributed by atoms with van der Waals surface area (Å²) in [6.07, 6.45) is 6.67. The number of nitrogens with zero attached hydrogens (tertiary/aromatic N) is 1. The Balaban J connectivity index is 1.94. The van der Waals surface area contributed by atoms with Crippen LogP contribution < -0.4 is 5.32 Å². The zero-order chi connectivity index (χ0) is 12.5. The van der Waals surface area contributed by atoms with Gasteiger partial charge in [0.2, 0.25) is 5.91 Å². The minimum atomic E-state index is 0.297. The van der Waals surface area contributed by atoms with E-state index in [9.17, 15) is 4.79 Å². The van der Waals surface area contributed by atoms with Crippen LogP contribution in [0.4, 0.5) is 0 Å². The molecule has 1 amide bonds. The molecule has 2 aliphatic rings. The molecule has 1 saturated carbocycles. The quantitative estimate of drug-likeness (QED) is 0.818. The number of carbonyl (C=O) groups excluding carboxylic acids is 1. The maximum Gasteiger partial charge on any atom is 0.237 e. The van der Waals surface area contributed by atoms with E-state index in [0.29, 0.717) is 30.0 Å². The van der Waals surface area contributed by atoms with Gasteiger partial charge in [-0.3, -0.25) is 10.1 Å². The van der Waals surface area contributed by atoms with E-state index in [1.165, 1.54) is 25.7 Å². The van der Waals surface area contributed by atoms with E-state index >= 15 is 0 Å². The summed E-state index contributed by atoms with van der Waals surface area (Å²) < 4.78 is 0. The molecule has 1 aliphatic heterocycles. The lowest BCUT2D eigenvalue weighted by Crippen LogP contribution is -2.43. The van der Waals surface area contributed by atoms with Crippen molar-refractivity contribution in [2.24, 2.45) is 11.3 Å². The van der Waals surface area contributed by atoms with Crippen LogP contribution in [0.1, 0.15) is 52.9 Å². The third-order valence-electron chi connectivity index (χ3n) is 4.07. The monoisotopic (exact) mass is 238 g/mol. The van der Waals surface area contributed by atoms with Crippen molar-refractivity contribution in [3.05, 3.63) is 0 Å². The van der Waals surface area contributed by atoms with Crippen LogP contribution in [0, 0.1) is 11.3 Å². The van der Waals surface area contributed by atoms with Gasteiger partial charge in [-0.1, -0.05) is 33.6 Å². The van der Waals surface area contributed by atoms with E-state index in [0.717, 1.165) is 13.0 Å². The summed E-state index contributed by atoms with van der Waals surface area (Å²) in [6.45, 7) is 8.18. The number of hydrogen-bond acceptors (Lipinski definition) is 2. The van der Waals surface area contributed by atoms with E-state index in [2.05, 4.69) is 31.0 Å². The highest BCUT2D eigenvalue weighted by molar-refractivity contribution is 5.80. The minimum Gasteiger partial charge on any atom is -0.326 e. The largest absolute Gasteiger partial charge is 0.326 e. The Morgan fingerprint density at radius 2 is 1.94 bits per heavy atom. The fourth-order valence-electron chi connectivity index (χ4n) is 2.97. The molecule has 0 bridgehead atoms. The molecule has 17 heavy (non-hydrogen) atoms. The van der Waals surface area contributed by atoms with Crippen LogP contribution in [0.2, 0.25) is 0 Å². The number of hydrogen-bond donors (Lipinski definition) is 1. The first-order valence-corrected chi connectivity index (χ1v) is 7.00. The van der Waals surface area contributed by atoms with E-state index in [-0.39, 0.29) is 0 Å². The molecule has 0 aromatic rings. The lowest BCUT2D eigenvalue weighted by Gasteiger charge is -2.31. The number of rotatable bonds is 3. The molecule has 1 N–H and O–H groups in total. The van der Waals surface area contributed by atoms with E-state index in [1.54, 1.807) is 0 Å². The van der Waals surface area contributed by atoms with Gasteiger partial charge in [0.05, 0.1) is 12.7 Å². The second-order valence-corrected chi connectivity index (χ2v) is 6.77. The van der Waals surface area contributed by atoms with Crippen molar-refractivity contribution in [3.63, 3.8) is 0 Å². The van der Waals surface area contributed by atoms with Gasteiger partial charge in [0.1, 0.15) is 0 Å². The lowest BCUT2D eigenvalue weighted by atomic mass is 9.91. The molecule has 0 aromatic heterocycles. The van der Waals surface area contributed by atoms with Gasteiger partial charge >= 0.3 is 0 Å². The molecule has 98 valence electrons. The molecule has 1 saturated heterocycles. The average molecular weight is 238 g/mol. The first kappa shape index (κ1) is 12.9. The highest BCUT2D eigenvalue weighted by atomic mass is 16.2. The molecule has 1 heterocycles. The van der Waals surface area contributed by atoms with Crippen molar-refractivity contribution >= 4 is 5.91 Å². The Kier molecular flexibility index (Phi) is 3.76. The van der Waals surface area contributed by atoms with Crippen LogP contribution in [0.3, 0.4) is 0 Å². The van der Waals surface area contributed by atoms with Gasteiger partial charge in [-0.05, 0) is 30.6 Å². The average Bonchev–Trinajstić information content (AvgIpc) is 2.82. The van der Waals surface area contributed by atoms with Gasteiger partial charge in [-0.2, -0.15) is 0 Å². The fourth-order valence-corrected chi connectivity index (χ4v) is 2.97. The van der Waals surface area contributed by atoms with Crippen molar-refractivity contribution in [1.29, 1.82) is 0 Å². The van der Waals surface area contributed by atoms with Crippen molar-refractivity contribution in [3.8, 4) is 0 Å². The summed E-state index contributed by atoms with van der Waals surface area (Å²) in [5.41, 5.74) is 0.309. The number of nitrogens with one attached hydrogen (secondary N) is 1. The summed E-state index contributed by atoms with van der Waals surface area (Å²) in [7, 11) is 0. The van der Waals surface area contributed by atoms with Crippen molar-refractivity contribution in [1.82, 2.24) is 10.2 Å². The maximum absolute atomic E-state index is 11.9. The molecule has 0 aromatic carbocycles. The van der Waals surface area contributed by atoms with Gasteiger partial charge in [0.25, 0.3) is 0 Å². The highest BCUT2D eigenvalue weighted by Crippen LogP contribution is 2.31. The Bertz CT molecular complexity index is 276. The molecule has 3 heteroatoms. The number of amides is 1. The summed E-state index contributed by atoms with van der Waals surface area (Å²) in [6, 6.07) is 0. The molecular formula is C14H26N2O. The first-order chi connectivity index (χ1) is 7.97. The Morgan fingerprint density at radius 3 is 2.53 bits per heavy atom. The zero-order valence-corrected chi connectivity index (χ0v) is 11.5. The second-order valence-electron chi connectivity index (χ2n) is 6.77. The molecule has 3 nitrogen and oxygen atoms in total. The van der Waals surface area contributed by atoms with E-state index in [1.807, 2.05) is 0 Å². The maximum atomic E-state index is 11.9. The number of carbonyl (C=O) groups is 1. The second kappa shape index (κ2) is 4.97. The first-order valence-electron chi connectivity index (χ1n) is 7.00. The predicted octanol–water partition coefficient (Wildman–Crippen LogP) is 2.37. The highest BCUT2D eigenvalue weighted by Gasteiger charge is 2.37. The minimum absolute atomic E-state index is 0.297. The molecule has 2 rings (SSSR count). The molecule has 0 radical (unpaired) electrons. The standard InChI is InChI=1S/C14H26N2O/c1-14(2,3)8-9-16-12(17)10-15-13(16)11-6-4-5-7-11/h11,13,15H,4-10H2,1-3H3. The third kappa shape index (κ3) is 3.21. The Labute approximate surface area is 105 Å². The van der Waals surface area contributed by atoms with Crippen molar-refractivity contribution < 1.29 is 4.79 Å². The van der Waals surface area contributed by atoms with Gasteiger partial charge in [0.15, 0.2) is 0 Å². The van der Waals surface area contributed by atoms with Crippen LogP contribution in [0.25, 0.3) is 0 Å². The zero-order valence-electron chi connectivity index (χ0n) is 11.5. The Morgan fingerprint density at radius 1 is 1.29 bits per heavy atom. The molecule has 2 fully saturated rings. The lowest BCUT2D eigenvalue weighted by molar-refractivity contribution is -0.128. The van der Waals surface area contributed by atoms with Crippen LogP contribution in [0.15, 0.2) is 0 Å². The summed E-state index contributed by atoms with van der Waals surface area (Å²) >= 11 is 0. The van der Waals surface area contributed by atoms with E-state index < -0.39 is 0 Å². The van der Waals surface area contributed by atoms with Crippen molar-refractivity contribution in [2.45, 2.75) is 59.0 Å². The predicted molar refractivity (Wildman–Crippen MR) is 69.5 cm³/mol. The van der Waals surface area contributed by atoms with Crippen molar-refractivity contribution in [2.75, 3.05) is 13.1 Å². The van der Waals surface area contributed by atoms with Gasteiger partial charge in [0, 0.05) is 6.54 Å². The molecular weight excluding hydrogens is 212 g/mol. The normalized spacial score (nSPS) is 27.1. The SMILES string of the molecule is CC(C)(C)CCN1C(=O)CNC1C1CCCC1. The molecule has 0 spiro atoms. The van der Waals surface area contributed by atoms with Crippen LogP contribution >= 0.6 is 0 Å². The van der Waals surface area contributed by atoms with Crippen LogP contribution in [0.5, 0.6) is 0 Å².